The minimum absolute atomic E-state index is 0.137. The Morgan fingerprint density at radius 2 is 2.03 bits per heavy atom. The Kier molecular flexibility index (Phi) is 4.76. The molecule has 1 N–H and O–H groups in total. The molecule has 1 unspecified atom stereocenters. The maximum absolute atomic E-state index is 13.0. The molecule has 9 heteroatoms. The van der Waals surface area contributed by atoms with E-state index in [1.54, 1.807) is 0 Å². The first-order valence-electron chi connectivity index (χ1n) is 11.5. The van der Waals surface area contributed by atoms with Gasteiger partial charge in [0.05, 0.1) is 18.1 Å². The van der Waals surface area contributed by atoms with Crippen LogP contribution in [0.3, 0.4) is 0 Å². The zero-order valence-electron chi connectivity index (χ0n) is 18.0. The van der Waals surface area contributed by atoms with E-state index in [4.69, 9.17) is 25.8 Å². The lowest BCUT2D eigenvalue weighted by atomic mass is 9.64. The van der Waals surface area contributed by atoms with E-state index in [1.165, 1.54) is 0 Å². The normalized spacial score (nSPS) is 27.4. The summed E-state index contributed by atoms with van der Waals surface area (Å²) in [6.45, 7) is 5.54. The fourth-order valence-corrected chi connectivity index (χ4v) is 6.04. The zero-order valence-corrected chi connectivity index (χ0v) is 18.7. The number of ketones is 1. The molecule has 4 aliphatic rings. The highest BCUT2D eigenvalue weighted by Crippen LogP contribution is 2.48. The highest BCUT2D eigenvalue weighted by Gasteiger charge is 2.48. The van der Waals surface area contributed by atoms with E-state index >= 15 is 0 Å². The monoisotopic (exact) mass is 455 g/mol. The second-order valence-corrected chi connectivity index (χ2v) is 9.61. The molecule has 8 nitrogen and oxygen atoms in total. The molecular formula is C23H26ClN5O3. The Morgan fingerprint density at radius 3 is 2.84 bits per heavy atom. The molecule has 1 saturated carbocycles. The molecule has 0 amide bonds. The van der Waals surface area contributed by atoms with Crippen molar-refractivity contribution in [2.45, 2.75) is 69.2 Å². The molecule has 4 heterocycles. The summed E-state index contributed by atoms with van der Waals surface area (Å²) in [6.07, 6.45) is 7.97. The van der Waals surface area contributed by atoms with Crippen molar-refractivity contribution in [3.63, 3.8) is 0 Å². The highest BCUT2D eigenvalue weighted by molar-refractivity contribution is 6.33. The Hall–Kier alpha value is -2.45. The lowest BCUT2D eigenvalue weighted by Gasteiger charge is -2.36. The SMILES string of the molecule is C=C1Nc2c(Cl)nc(-c3noc4c3CCCC43CCCCC3=O)nc2N1[C@@H]1CCCOC1. The van der Waals surface area contributed by atoms with Crippen molar-refractivity contribution in [2.24, 2.45) is 0 Å². The van der Waals surface area contributed by atoms with Crippen LogP contribution in [0.25, 0.3) is 11.5 Å². The van der Waals surface area contributed by atoms with Gasteiger partial charge in [0.15, 0.2) is 28.2 Å². The predicted octanol–water partition coefficient (Wildman–Crippen LogP) is 4.38. The van der Waals surface area contributed by atoms with E-state index in [9.17, 15) is 4.79 Å². The largest absolute Gasteiger partial charge is 0.379 e. The van der Waals surface area contributed by atoms with Gasteiger partial charge >= 0.3 is 0 Å². The van der Waals surface area contributed by atoms with Gasteiger partial charge in [0.25, 0.3) is 0 Å². The molecule has 0 radical (unpaired) electrons. The number of anilines is 2. The Labute approximate surface area is 191 Å². The van der Waals surface area contributed by atoms with Crippen molar-refractivity contribution >= 4 is 28.9 Å². The van der Waals surface area contributed by atoms with Crippen molar-refractivity contribution < 1.29 is 14.1 Å². The van der Waals surface area contributed by atoms with Gasteiger partial charge in [0, 0.05) is 18.6 Å². The number of halogens is 1. The van der Waals surface area contributed by atoms with E-state index in [-0.39, 0.29) is 11.8 Å². The quantitative estimate of drug-likeness (QED) is 0.666. The molecule has 2 aliphatic carbocycles. The summed E-state index contributed by atoms with van der Waals surface area (Å²) >= 11 is 6.58. The van der Waals surface area contributed by atoms with Crippen LogP contribution in [0.2, 0.25) is 5.15 Å². The van der Waals surface area contributed by atoms with E-state index in [0.717, 1.165) is 75.1 Å². The van der Waals surface area contributed by atoms with E-state index in [1.807, 2.05) is 0 Å². The minimum atomic E-state index is -0.529. The van der Waals surface area contributed by atoms with Crippen LogP contribution in [-0.4, -0.2) is 40.2 Å². The summed E-state index contributed by atoms with van der Waals surface area (Å²) in [5.41, 5.74) is 1.68. The summed E-state index contributed by atoms with van der Waals surface area (Å²) in [5.74, 6) is 2.85. The summed E-state index contributed by atoms with van der Waals surface area (Å²) in [7, 11) is 0. The third-order valence-corrected chi connectivity index (χ3v) is 7.67. The van der Waals surface area contributed by atoms with Crippen molar-refractivity contribution in [1.29, 1.82) is 0 Å². The number of nitrogens with one attached hydrogen (secondary N) is 1. The number of rotatable bonds is 2. The number of ether oxygens (including phenoxy) is 1. The lowest BCUT2D eigenvalue weighted by molar-refractivity contribution is -0.128. The van der Waals surface area contributed by atoms with Crippen LogP contribution in [-0.2, 0) is 21.4 Å². The van der Waals surface area contributed by atoms with Crippen LogP contribution >= 0.6 is 11.6 Å². The molecule has 2 aromatic heterocycles. The summed E-state index contributed by atoms with van der Waals surface area (Å²) in [6, 6.07) is 0.137. The predicted molar refractivity (Wildman–Crippen MR) is 120 cm³/mol. The molecule has 2 fully saturated rings. The van der Waals surface area contributed by atoms with Crippen molar-refractivity contribution in [3.05, 3.63) is 28.9 Å². The number of Topliss-reactive ketones (excluding diaryl/α,β-unsaturated/α-hetero) is 1. The second-order valence-electron chi connectivity index (χ2n) is 9.25. The van der Waals surface area contributed by atoms with E-state index in [0.29, 0.717) is 41.2 Å². The zero-order chi connectivity index (χ0) is 21.9. The van der Waals surface area contributed by atoms with Gasteiger partial charge in [-0.3, -0.25) is 4.79 Å². The van der Waals surface area contributed by atoms with E-state index in [2.05, 4.69) is 26.9 Å². The summed E-state index contributed by atoms with van der Waals surface area (Å²) in [4.78, 5) is 24.4. The molecule has 2 atom stereocenters. The number of aromatic nitrogens is 3. The fourth-order valence-electron chi connectivity index (χ4n) is 5.83. The molecule has 32 heavy (non-hydrogen) atoms. The van der Waals surface area contributed by atoms with Crippen LogP contribution in [0, 0.1) is 0 Å². The number of hydrogen-bond donors (Lipinski definition) is 1. The third-order valence-electron chi connectivity index (χ3n) is 7.39. The molecule has 6 rings (SSSR count). The van der Waals surface area contributed by atoms with Gasteiger partial charge in [-0.15, -0.1) is 0 Å². The maximum Gasteiger partial charge on any atom is 0.185 e. The van der Waals surface area contributed by atoms with Gasteiger partial charge in [-0.25, -0.2) is 9.97 Å². The molecule has 168 valence electrons. The maximum atomic E-state index is 13.0. The minimum Gasteiger partial charge on any atom is -0.379 e. The molecule has 1 spiro atoms. The summed E-state index contributed by atoms with van der Waals surface area (Å²) < 4.78 is 11.6. The van der Waals surface area contributed by atoms with Gasteiger partial charge < -0.3 is 19.5 Å². The molecule has 1 saturated heterocycles. The van der Waals surface area contributed by atoms with Crippen LogP contribution in [0.15, 0.2) is 16.9 Å². The van der Waals surface area contributed by atoms with Gasteiger partial charge in [-0.1, -0.05) is 29.8 Å². The number of hydrogen-bond acceptors (Lipinski definition) is 8. The first-order chi connectivity index (χ1) is 15.6. The van der Waals surface area contributed by atoms with Gasteiger partial charge in [0.1, 0.15) is 17.3 Å². The highest BCUT2D eigenvalue weighted by atomic mass is 35.5. The first-order valence-corrected chi connectivity index (χ1v) is 11.9. The molecule has 2 aliphatic heterocycles. The number of fused-ring (bicyclic) bond motifs is 3. The fraction of sp³-hybridized carbons (Fsp3) is 0.565. The van der Waals surface area contributed by atoms with E-state index < -0.39 is 5.41 Å². The number of nitrogens with zero attached hydrogens (tertiary/aromatic N) is 4. The molecular weight excluding hydrogens is 430 g/mol. The smallest absolute Gasteiger partial charge is 0.185 e. The standard InChI is InChI=1S/C23H26ClN5O3/c1-13-25-18-20(24)26-21(27-22(18)29(13)14-6-5-11-31-12-14)17-15-7-4-10-23(19(15)32-28-17)9-3-2-8-16(23)30/h14,25H,1-12H2/t14-,23?/m1/s1. The van der Waals surface area contributed by atoms with Crippen molar-refractivity contribution in [2.75, 3.05) is 23.4 Å². The lowest BCUT2D eigenvalue weighted by Crippen LogP contribution is -2.41. The number of carbonyl (C=O) groups is 1. The molecule has 2 aromatic rings. The third kappa shape index (κ3) is 2.92. The summed E-state index contributed by atoms with van der Waals surface area (Å²) in [5, 5.41) is 7.93. The Morgan fingerprint density at radius 1 is 1.16 bits per heavy atom. The Balaban J connectivity index is 1.43. The van der Waals surface area contributed by atoms with Gasteiger partial charge in [-0.05, 0) is 44.9 Å². The van der Waals surface area contributed by atoms with Crippen LogP contribution in [0.4, 0.5) is 11.5 Å². The van der Waals surface area contributed by atoms with Gasteiger partial charge in [0.2, 0.25) is 0 Å². The second kappa shape index (κ2) is 7.56. The molecule has 0 aromatic carbocycles. The number of carbonyl (C=O) groups excluding carboxylic acids is 1. The first kappa shape index (κ1) is 20.2. The molecule has 0 bridgehead atoms. The average molecular weight is 456 g/mol. The van der Waals surface area contributed by atoms with Gasteiger partial charge in [-0.2, -0.15) is 0 Å². The topological polar surface area (TPSA) is 93.4 Å². The van der Waals surface area contributed by atoms with Crippen molar-refractivity contribution in [3.8, 4) is 11.5 Å². The average Bonchev–Trinajstić information content (AvgIpc) is 3.38. The van der Waals surface area contributed by atoms with Crippen LogP contribution in [0.1, 0.15) is 62.7 Å². The van der Waals surface area contributed by atoms with Crippen LogP contribution < -0.4 is 10.2 Å². The van der Waals surface area contributed by atoms with Crippen LogP contribution in [0.5, 0.6) is 0 Å². The van der Waals surface area contributed by atoms with Crippen molar-refractivity contribution in [1.82, 2.24) is 15.1 Å². The Bertz CT molecular complexity index is 1110.